The molecule has 0 saturated heterocycles. The molecule has 6 heteroatoms. The molecule has 29 heavy (non-hydrogen) atoms. The van der Waals surface area contributed by atoms with Crippen molar-refractivity contribution in [1.29, 1.82) is 5.26 Å². The van der Waals surface area contributed by atoms with E-state index in [-0.39, 0.29) is 5.91 Å². The van der Waals surface area contributed by atoms with Crippen LogP contribution in [0.15, 0.2) is 76.5 Å². The molecule has 0 aliphatic heterocycles. The van der Waals surface area contributed by atoms with E-state index < -0.39 is 0 Å². The maximum absolute atomic E-state index is 12.9. The molecule has 3 aromatic carbocycles. The minimum atomic E-state index is -0.201. The molecule has 0 aliphatic carbocycles. The Hall–Kier alpha value is -3.43. The van der Waals surface area contributed by atoms with Gasteiger partial charge in [-0.3, -0.25) is 4.79 Å². The third-order valence-electron chi connectivity index (χ3n) is 4.28. The van der Waals surface area contributed by atoms with Gasteiger partial charge in [0.25, 0.3) is 5.91 Å². The van der Waals surface area contributed by atoms with Crippen molar-refractivity contribution in [2.24, 2.45) is 0 Å². The van der Waals surface area contributed by atoms with Crippen molar-refractivity contribution in [3.8, 4) is 17.6 Å². The lowest BCUT2D eigenvalue weighted by molar-refractivity contribution is 0.0947. The van der Waals surface area contributed by atoms with E-state index >= 15 is 0 Å². The second kappa shape index (κ2) is 9.67. The molecule has 0 aromatic heterocycles. The van der Waals surface area contributed by atoms with Crippen LogP contribution in [0.25, 0.3) is 0 Å². The molecule has 3 aromatic rings. The maximum Gasteiger partial charge on any atom is 0.252 e. The molecule has 0 atom stereocenters. The zero-order valence-corrected chi connectivity index (χ0v) is 17.0. The lowest BCUT2D eigenvalue weighted by Gasteiger charge is -2.14. The van der Waals surface area contributed by atoms with Gasteiger partial charge < -0.3 is 14.8 Å². The van der Waals surface area contributed by atoms with Gasteiger partial charge in [0.2, 0.25) is 0 Å². The molecule has 0 heterocycles. The first-order valence-corrected chi connectivity index (χ1v) is 9.73. The summed E-state index contributed by atoms with van der Waals surface area (Å²) < 4.78 is 10.7. The fourth-order valence-corrected chi connectivity index (χ4v) is 3.90. The number of nitrogens with zero attached hydrogens (tertiary/aromatic N) is 1. The van der Waals surface area contributed by atoms with Gasteiger partial charge >= 0.3 is 0 Å². The molecule has 5 nitrogen and oxygen atoms in total. The van der Waals surface area contributed by atoms with Gasteiger partial charge in [0.15, 0.2) is 11.5 Å². The third kappa shape index (κ3) is 4.71. The summed E-state index contributed by atoms with van der Waals surface area (Å²) in [6, 6.07) is 22.4. The molecular weight excluding hydrogens is 384 g/mol. The fraction of sp³-hybridized carbons (Fsp3) is 0.130. The van der Waals surface area contributed by atoms with Gasteiger partial charge in [0.1, 0.15) is 6.07 Å². The standard InChI is InChI=1S/C23H20N2O3S/c1-27-19-11-7-9-17(22(19)28-2)15-25-23(26)18-10-4-6-13-21(18)29-20-12-5-3-8-16(20)14-24/h3-13H,15H2,1-2H3,(H,25,26). The SMILES string of the molecule is COc1cccc(CNC(=O)c2ccccc2Sc2ccccc2C#N)c1OC. The molecule has 1 amide bonds. The largest absolute Gasteiger partial charge is 0.493 e. The first kappa shape index (κ1) is 20.3. The summed E-state index contributed by atoms with van der Waals surface area (Å²) in [4.78, 5) is 14.5. The van der Waals surface area contributed by atoms with E-state index in [1.807, 2.05) is 54.6 Å². The summed E-state index contributed by atoms with van der Waals surface area (Å²) in [5.74, 6) is 1.01. The van der Waals surface area contributed by atoms with E-state index in [1.54, 1.807) is 26.4 Å². The number of carbonyl (C=O) groups excluding carboxylic acids is 1. The topological polar surface area (TPSA) is 71.3 Å². The second-order valence-electron chi connectivity index (χ2n) is 6.04. The second-order valence-corrected chi connectivity index (χ2v) is 7.13. The summed E-state index contributed by atoms with van der Waals surface area (Å²) in [6.45, 7) is 0.299. The van der Waals surface area contributed by atoms with E-state index in [9.17, 15) is 10.1 Å². The highest BCUT2D eigenvalue weighted by molar-refractivity contribution is 7.99. The molecule has 0 spiro atoms. The van der Waals surface area contributed by atoms with E-state index in [1.165, 1.54) is 11.8 Å². The van der Waals surface area contributed by atoms with Crippen molar-refractivity contribution in [1.82, 2.24) is 5.32 Å². The number of carbonyl (C=O) groups is 1. The molecule has 0 unspecified atom stereocenters. The van der Waals surface area contributed by atoms with Gasteiger partial charge in [0.05, 0.1) is 25.3 Å². The Bertz CT molecular complexity index is 1060. The fourth-order valence-electron chi connectivity index (χ4n) is 2.87. The van der Waals surface area contributed by atoms with Crippen LogP contribution in [0.3, 0.4) is 0 Å². The summed E-state index contributed by atoms with van der Waals surface area (Å²) in [6.07, 6.45) is 0. The first-order chi connectivity index (χ1) is 14.2. The summed E-state index contributed by atoms with van der Waals surface area (Å²) in [7, 11) is 3.15. The van der Waals surface area contributed by atoms with E-state index in [2.05, 4.69) is 11.4 Å². The molecule has 1 N–H and O–H groups in total. The average Bonchev–Trinajstić information content (AvgIpc) is 2.77. The van der Waals surface area contributed by atoms with Crippen molar-refractivity contribution in [2.75, 3.05) is 14.2 Å². The minimum Gasteiger partial charge on any atom is -0.493 e. The number of benzene rings is 3. The van der Waals surface area contributed by atoms with Crippen molar-refractivity contribution in [3.63, 3.8) is 0 Å². The maximum atomic E-state index is 12.9. The number of hydrogen-bond acceptors (Lipinski definition) is 5. The lowest BCUT2D eigenvalue weighted by atomic mass is 10.1. The van der Waals surface area contributed by atoms with Crippen molar-refractivity contribution >= 4 is 17.7 Å². The van der Waals surface area contributed by atoms with Crippen LogP contribution in [-0.2, 0) is 6.54 Å². The van der Waals surface area contributed by atoms with Crippen molar-refractivity contribution in [3.05, 3.63) is 83.4 Å². The van der Waals surface area contributed by atoms with Gasteiger partial charge in [-0.05, 0) is 30.3 Å². The quantitative estimate of drug-likeness (QED) is 0.620. The number of hydrogen-bond donors (Lipinski definition) is 1. The summed E-state index contributed by atoms with van der Waals surface area (Å²) in [5.41, 5.74) is 1.95. The number of nitrogens with one attached hydrogen (secondary N) is 1. The monoisotopic (exact) mass is 404 g/mol. The average molecular weight is 404 g/mol. The number of para-hydroxylation sites is 1. The van der Waals surface area contributed by atoms with Gasteiger partial charge in [-0.1, -0.05) is 48.2 Å². The Kier molecular flexibility index (Phi) is 6.77. The molecule has 3 rings (SSSR count). The van der Waals surface area contributed by atoms with Crippen LogP contribution in [0.1, 0.15) is 21.5 Å². The van der Waals surface area contributed by atoms with E-state index in [4.69, 9.17) is 9.47 Å². The number of methoxy groups -OCH3 is 2. The van der Waals surface area contributed by atoms with Crippen LogP contribution < -0.4 is 14.8 Å². The Balaban J connectivity index is 1.80. The van der Waals surface area contributed by atoms with Gasteiger partial charge in [0, 0.05) is 21.9 Å². The molecular formula is C23H20N2O3S. The van der Waals surface area contributed by atoms with Crippen molar-refractivity contribution in [2.45, 2.75) is 16.3 Å². The van der Waals surface area contributed by atoms with Gasteiger partial charge in [-0.25, -0.2) is 0 Å². The molecule has 0 bridgehead atoms. The number of nitriles is 1. The predicted molar refractivity (Wildman–Crippen MR) is 112 cm³/mol. The lowest BCUT2D eigenvalue weighted by Crippen LogP contribution is -2.23. The van der Waals surface area contributed by atoms with E-state index in [0.717, 1.165) is 15.4 Å². The Labute approximate surface area is 174 Å². The van der Waals surface area contributed by atoms with Crippen LogP contribution >= 0.6 is 11.8 Å². The Morgan fingerprint density at radius 2 is 1.69 bits per heavy atom. The third-order valence-corrected chi connectivity index (χ3v) is 5.43. The highest BCUT2D eigenvalue weighted by Crippen LogP contribution is 2.33. The molecule has 0 aliphatic rings. The summed E-state index contributed by atoms with van der Waals surface area (Å²) in [5, 5.41) is 12.3. The van der Waals surface area contributed by atoms with Crippen LogP contribution in [0.2, 0.25) is 0 Å². The molecule has 0 radical (unpaired) electrons. The Morgan fingerprint density at radius 3 is 2.41 bits per heavy atom. The van der Waals surface area contributed by atoms with Crippen molar-refractivity contribution < 1.29 is 14.3 Å². The van der Waals surface area contributed by atoms with E-state index in [0.29, 0.717) is 29.2 Å². The van der Waals surface area contributed by atoms with Gasteiger partial charge in [-0.15, -0.1) is 0 Å². The smallest absolute Gasteiger partial charge is 0.252 e. The zero-order chi connectivity index (χ0) is 20.6. The molecule has 0 fully saturated rings. The first-order valence-electron chi connectivity index (χ1n) is 8.92. The molecule has 146 valence electrons. The predicted octanol–water partition coefficient (Wildman–Crippen LogP) is 4.66. The molecule has 0 saturated carbocycles. The highest BCUT2D eigenvalue weighted by atomic mass is 32.2. The van der Waals surface area contributed by atoms with Crippen LogP contribution in [0.4, 0.5) is 0 Å². The number of ether oxygens (including phenoxy) is 2. The minimum absolute atomic E-state index is 0.201. The van der Waals surface area contributed by atoms with Crippen LogP contribution in [-0.4, -0.2) is 20.1 Å². The zero-order valence-electron chi connectivity index (χ0n) is 16.1. The van der Waals surface area contributed by atoms with Crippen LogP contribution in [0.5, 0.6) is 11.5 Å². The number of rotatable bonds is 7. The highest BCUT2D eigenvalue weighted by Gasteiger charge is 2.15. The Morgan fingerprint density at radius 1 is 0.966 bits per heavy atom. The van der Waals surface area contributed by atoms with Crippen LogP contribution in [0, 0.1) is 11.3 Å². The summed E-state index contributed by atoms with van der Waals surface area (Å²) >= 11 is 1.40. The van der Waals surface area contributed by atoms with Gasteiger partial charge in [-0.2, -0.15) is 5.26 Å². The normalized spacial score (nSPS) is 10.1. The number of amides is 1.